The van der Waals surface area contributed by atoms with Crippen LogP contribution in [0.4, 0.5) is 0 Å². The van der Waals surface area contributed by atoms with Gasteiger partial charge in [-0.05, 0) is 31.2 Å². The molecule has 0 atom stereocenters. The van der Waals surface area contributed by atoms with E-state index in [4.69, 9.17) is 9.15 Å². The second-order valence-electron chi connectivity index (χ2n) is 3.46. The Morgan fingerprint density at radius 1 is 1.24 bits per heavy atom. The van der Waals surface area contributed by atoms with Gasteiger partial charge in [-0.3, -0.25) is 0 Å². The van der Waals surface area contributed by atoms with Crippen molar-refractivity contribution in [3.05, 3.63) is 46.8 Å². The number of hydrogen-bond acceptors (Lipinski definition) is 4. The SMILES string of the molecule is CCOc1ccc(-c2cc(O)cc(=O)o2)cc1. The van der Waals surface area contributed by atoms with Crippen molar-refractivity contribution in [3.63, 3.8) is 0 Å². The van der Waals surface area contributed by atoms with Gasteiger partial charge in [-0.1, -0.05) is 0 Å². The van der Waals surface area contributed by atoms with Gasteiger partial charge in [-0.15, -0.1) is 0 Å². The van der Waals surface area contributed by atoms with E-state index in [0.29, 0.717) is 17.9 Å². The molecule has 0 radical (unpaired) electrons. The lowest BCUT2D eigenvalue weighted by Gasteiger charge is -2.04. The molecule has 1 aromatic carbocycles. The summed E-state index contributed by atoms with van der Waals surface area (Å²) in [5.74, 6) is 0.974. The molecule has 0 spiro atoms. The minimum absolute atomic E-state index is 0.106. The molecular formula is C13H12O4. The van der Waals surface area contributed by atoms with Crippen molar-refractivity contribution in [2.45, 2.75) is 6.92 Å². The van der Waals surface area contributed by atoms with Gasteiger partial charge < -0.3 is 14.3 Å². The van der Waals surface area contributed by atoms with Crippen LogP contribution in [-0.2, 0) is 0 Å². The van der Waals surface area contributed by atoms with E-state index >= 15 is 0 Å². The molecule has 17 heavy (non-hydrogen) atoms. The highest BCUT2D eigenvalue weighted by Gasteiger charge is 2.04. The molecule has 0 fully saturated rings. The van der Waals surface area contributed by atoms with Crippen molar-refractivity contribution in [3.8, 4) is 22.8 Å². The van der Waals surface area contributed by atoms with Gasteiger partial charge in [-0.2, -0.15) is 0 Å². The number of ether oxygens (including phenoxy) is 1. The summed E-state index contributed by atoms with van der Waals surface area (Å²) in [4.78, 5) is 11.1. The van der Waals surface area contributed by atoms with Crippen LogP contribution in [0.15, 0.2) is 45.6 Å². The quantitative estimate of drug-likeness (QED) is 0.882. The molecule has 88 valence electrons. The van der Waals surface area contributed by atoms with Gasteiger partial charge in [0.15, 0.2) is 0 Å². The highest BCUT2D eigenvalue weighted by molar-refractivity contribution is 5.59. The predicted molar refractivity (Wildman–Crippen MR) is 63.2 cm³/mol. The van der Waals surface area contributed by atoms with Crippen LogP contribution in [0.1, 0.15) is 6.92 Å². The average molecular weight is 232 g/mol. The molecule has 2 aromatic rings. The lowest BCUT2D eigenvalue weighted by atomic mass is 10.1. The van der Waals surface area contributed by atoms with Gasteiger partial charge in [0.2, 0.25) is 0 Å². The third-order valence-electron chi connectivity index (χ3n) is 2.21. The fourth-order valence-corrected chi connectivity index (χ4v) is 1.49. The molecule has 4 heteroatoms. The summed E-state index contributed by atoms with van der Waals surface area (Å²) in [6, 6.07) is 9.52. The maximum absolute atomic E-state index is 11.1. The Morgan fingerprint density at radius 2 is 1.94 bits per heavy atom. The first-order valence-electron chi connectivity index (χ1n) is 5.26. The smallest absolute Gasteiger partial charge is 0.339 e. The summed E-state index contributed by atoms with van der Waals surface area (Å²) in [6.45, 7) is 2.50. The highest BCUT2D eigenvalue weighted by atomic mass is 16.5. The maximum atomic E-state index is 11.1. The molecule has 0 aliphatic carbocycles. The zero-order chi connectivity index (χ0) is 12.3. The van der Waals surface area contributed by atoms with Crippen molar-refractivity contribution < 1.29 is 14.3 Å². The summed E-state index contributed by atoms with van der Waals surface area (Å²) in [7, 11) is 0. The maximum Gasteiger partial charge on any atom is 0.339 e. The second-order valence-corrected chi connectivity index (χ2v) is 3.46. The first-order valence-corrected chi connectivity index (χ1v) is 5.26. The van der Waals surface area contributed by atoms with Crippen molar-refractivity contribution in [1.82, 2.24) is 0 Å². The van der Waals surface area contributed by atoms with Crippen LogP contribution in [0.2, 0.25) is 0 Å². The summed E-state index contributed by atoms with van der Waals surface area (Å²) >= 11 is 0. The first-order chi connectivity index (χ1) is 8.19. The molecule has 0 bridgehead atoms. The van der Waals surface area contributed by atoms with E-state index in [1.54, 1.807) is 24.3 Å². The summed E-state index contributed by atoms with van der Waals surface area (Å²) in [6.07, 6.45) is 0. The van der Waals surface area contributed by atoms with Crippen LogP contribution >= 0.6 is 0 Å². The van der Waals surface area contributed by atoms with E-state index < -0.39 is 5.63 Å². The number of hydrogen-bond donors (Lipinski definition) is 1. The van der Waals surface area contributed by atoms with E-state index in [0.717, 1.165) is 11.8 Å². The van der Waals surface area contributed by atoms with Crippen LogP contribution in [0.5, 0.6) is 11.5 Å². The molecular weight excluding hydrogens is 220 g/mol. The zero-order valence-electron chi connectivity index (χ0n) is 9.34. The van der Waals surface area contributed by atoms with Gasteiger partial charge in [0.25, 0.3) is 0 Å². The van der Waals surface area contributed by atoms with Crippen LogP contribution < -0.4 is 10.4 Å². The number of rotatable bonds is 3. The first kappa shape index (κ1) is 11.3. The Kier molecular flexibility index (Phi) is 3.14. The lowest BCUT2D eigenvalue weighted by molar-refractivity contribution is 0.340. The van der Waals surface area contributed by atoms with Crippen molar-refractivity contribution >= 4 is 0 Å². The van der Waals surface area contributed by atoms with Crippen LogP contribution in [-0.4, -0.2) is 11.7 Å². The Bertz CT molecular complexity index is 554. The van der Waals surface area contributed by atoms with Gasteiger partial charge in [-0.25, -0.2) is 4.79 Å². The fourth-order valence-electron chi connectivity index (χ4n) is 1.49. The largest absolute Gasteiger partial charge is 0.508 e. The molecule has 0 saturated carbocycles. The zero-order valence-corrected chi connectivity index (χ0v) is 9.34. The molecule has 0 aliphatic heterocycles. The minimum Gasteiger partial charge on any atom is -0.508 e. The Labute approximate surface area is 98.1 Å². The van der Waals surface area contributed by atoms with Gasteiger partial charge in [0, 0.05) is 11.6 Å². The van der Waals surface area contributed by atoms with Gasteiger partial charge in [0.05, 0.1) is 12.7 Å². The predicted octanol–water partition coefficient (Wildman–Crippen LogP) is 2.41. The van der Waals surface area contributed by atoms with Crippen LogP contribution in [0.3, 0.4) is 0 Å². The summed E-state index contributed by atoms with van der Waals surface area (Å²) in [5.41, 5.74) is 0.135. The molecule has 1 aromatic heterocycles. The summed E-state index contributed by atoms with van der Waals surface area (Å²) in [5, 5.41) is 9.31. The molecule has 0 aliphatic rings. The van der Waals surface area contributed by atoms with Crippen molar-refractivity contribution in [2.75, 3.05) is 6.61 Å². The van der Waals surface area contributed by atoms with Gasteiger partial charge >= 0.3 is 5.63 Å². The monoisotopic (exact) mass is 232 g/mol. The van der Waals surface area contributed by atoms with Gasteiger partial charge in [0.1, 0.15) is 17.3 Å². The Balaban J connectivity index is 2.36. The third-order valence-corrected chi connectivity index (χ3v) is 2.21. The molecule has 0 amide bonds. The molecule has 0 unspecified atom stereocenters. The average Bonchev–Trinajstić information content (AvgIpc) is 2.29. The minimum atomic E-state index is -0.575. The van der Waals surface area contributed by atoms with E-state index in [9.17, 15) is 9.90 Å². The lowest BCUT2D eigenvalue weighted by Crippen LogP contribution is -1.96. The highest BCUT2D eigenvalue weighted by Crippen LogP contribution is 2.23. The van der Waals surface area contributed by atoms with E-state index in [2.05, 4.69) is 0 Å². The Hall–Kier alpha value is -2.23. The number of benzene rings is 1. The van der Waals surface area contributed by atoms with E-state index in [1.165, 1.54) is 6.07 Å². The molecule has 2 rings (SSSR count). The normalized spacial score (nSPS) is 10.2. The van der Waals surface area contributed by atoms with E-state index in [1.807, 2.05) is 6.92 Å². The van der Waals surface area contributed by atoms with E-state index in [-0.39, 0.29) is 5.75 Å². The summed E-state index contributed by atoms with van der Waals surface area (Å²) < 4.78 is 10.3. The molecule has 0 saturated heterocycles. The van der Waals surface area contributed by atoms with Crippen LogP contribution in [0, 0.1) is 0 Å². The van der Waals surface area contributed by atoms with Crippen molar-refractivity contribution in [2.24, 2.45) is 0 Å². The van der Waals surface area contributed by atoms with Crippen LogP contribution in [0.25, 0.3) is 11.3 Å². The van der Waals surface area contributed by atoms with Crippen molar-refractivity contribution in [1.29, 1.82) is 0 Å². The number of aromatic hydroxyl groups is 1. The third kappa shape index (κ3) is 2.66. The fraction of sp³-hybridized carbons (Fsp3) is 0.154. The second kappa shape index (κ2) is 4.74. The molecule has 4 nitrogen and oxygen atoms in total. The molecule has 1 heterocycles. The standard InChI is InChI=1S/C13H12O4/c1-2-16-11-5-3-9(4-6-11)12-7-10(14)8-13(15)17-12/h3-8,14H,2H2,1H3. The molecule has 1 N–H and O–H groups in total. The Morgan fingerprint density at radius 3 is 2.53 bits per heavy atom. The topological polar surface area (TPSA) is 59.7 Å².